The van der Waals surface area contributed by atoms with Crippen molar-refractivity contribution in [1.82, 2.24) is 19.6 Å². The third-order valence-corrected chi connectivity index (χ3v) is 4.10. The van der Waals surface area contributed by atoms with Crippen LogP contribution in [0, 0.1) is 6.92 Å². The molecule has 27 heavy (non-hydrogen) atoms. The first-order valence-corrected chi connectivity index (χ1v) is 8.35. The molecule has 2 aromatic heterocycles. The van der Waals surface area contributed by atoms with Crippen molar-refractivity contribution >= 4 is 16.9 Å². The second-order valence-corrected chi connectivity index (χ2v) is 5.97. The number of hydrogen-bond donors (Lipinski definition) is 1. The smallest absolute Gasteiger partial charge is 0.329 e. The lowest BCUT2D eigenvalue weighted by Crippen LogP contribution is -2.23. The number of aryl methyl sites for hydroxylation is 1. The van der Waals surface area contributed by atoms with Gasteiger partial charge >= 0.3 is 5.97 Å². The third-order valence-electron chi connectivity index (χ3n) is 4.10. The van der Waals surface area contributed by atoms with Crippen LogP contribution >= 0.6 is 0 Å². The van der Waals surface area contributed by atoms with Gasteiger partial charge in [-0.2, -0.15) is 10.2 Å². The monoisotopic (exact) mass is 372 g/mol. The van der Waals surface area contributed by atoms with Crippen LogP contribution in [0.3, 0.4) is 0 Å². The minimum Gasteiger partial charge on any atom is -0.497 e. The van der Waals surface area contributed by atoms with Gasteiger partial charge in [0, 0.05) is 0 Å². The molecule has 0 radical (unpaired) electrons. The van der Waals surface area contributed by atoms with Gasteiger partial charge in [0.05, 0.1) is 49.6 Å². The minimum atomic E-state index is -1.03. The van der Waals surface area contributed by atoms with E-state index in [4.69, 9.17) is 14.6 Å². The summed E-state index contributed by atoms with van der Waals surface area (Å²) in [6, 6.07) is 7.43. The molecule has 3 rings (SSSR count). The minimum absolute atomic E-state index is 0.178. The summed E-state index contributed by atoms with van der Waals surface area (Å²) in [5.41, 5.74) is 1.90. The maximum Gasteiger partial charge on any atom is 0.329 e. The van der Waals surface area contributed by atoms with Gasteiger partial charge in [-0.15, -0.1) is 0 Å². The second-order valence-electron chi connectivity index (χ2n) is 5.97. The first-order chi connectivity index (χ1) is 13.0. The molecule has 142 valence electrons. The fraction of sp³-hybridized carbons (Fsp3) is 0.333. The summed E-state index contributed by atoms with van der Waals surface area (Å²) in [4.78, 5) is 23.3. The summed E-state index contributed by atoms with van der Waals surface area (Å²) in [7, 11) is 1.60. The highest BCUT2D eigenvalue weighted by atomic mass is 16.5. The molecule has 0 bridgehead atoms. The van der Waals surface area contributed by atoms with Crippen LogP contribution in [0.5, 0.6) is 5.75 Å². The molecule has 0 fully saturated rings. The number of benzene rings is 1. The fourth-order valence-electron chi connectivity index (χ4n) is 2.80. The van der Waals surface area contributed by atoms with Gasteiger partial charge in [0.1, 0.15) is 12.4 Å². The standard InChI is InChI=1S/C18H20N4O5/c1-12-17-15(21(20-12)7-8-27-11-16(23)24)9-19-22(18(17)25)10-13-3-5-14(26-2)6-4-13/h3-6,9H,7-8,10-11H2,1-2H3,(H,23,24). The molecular weight excluding hydrogens is 352 g/mol. The van der Waals surface area contributed by atoms with Crippen molar-refractivity contribution in [1.29, 1.82) is 0 Å². The first-order valence-electron chi connectivity index (χ1n) is 8.35. The molecule has 0 aliphatic carbocycles. The van der Waals surface area contributed by atoms with Gasteiger partial charge in [-0.1, -0.05) is 12.1 Å². The average molecular weight is 372 g/mol. The Morgan fingerprint density at radius 2 is 1.96 bits per heavy atom. The Bertz CT molecular complexity index is 1010. The Morgan fingerprint density at radius 3 is 2.63 bits per heavy atom. The fourth-order valence-corrected chi connectivity index (χ4v) is 2.80. The highest BCUT2D eigenvalue weighted by Gasteiger charge is 2.14. The van der Waals surface area contributed by atoms with E-state index in [0.29, 0.717) is 29.7 Å². The number of carboxylic acid groups (broad SMARTS) is 1. The van der Waals surface area contributed by atoms with Crippen LogP contribution in [0.25, 0.3) is 10.9 Å². The predicted octanol–water partition coefficient (Wildman–Crippen LogP) is 1.06. The van der Waals surface area contributed by atoms with Crippen LogP contribution in [-0.4, -0.2) is 51.0 Å². The summed E-state index contributed by atoms with van der Waals surface area (Å²) in [5, 5.41) is 17.7. The molecule has 2 heterocycles. The van der Waals surface area contributed by atoms with E-state index in [2.05, 4.69) is 10.2 Å². The molecule has 0 saturated heterocycles. The summed E-state index contributed by atoms with van der Waals surface area (Å²) >= 11 is 0. The maximum atomic E-state index is 12.8. The Morgan fingerprint density at radius 1 is 1.22 bits per heavy atom. The van der Waals surface area contributed by atoms with Crippen LogP contribution in [-0.2, 0) is 22.6 Å². The van der Waals surface area contributed by atoms with Crippen LogP contribution in [0.15, 0.2) is 35.3 Å². The number of fused-ring (bicyclic) bond motifs is 1. The molecule has 9 nitrogen and oxygen atoms in total. The van der Waals surface area contributed by atoms with E-state index in [-0.39, 0.29) is 18.8 Å². The lowest BCUT2D eigenvalue weighted by atomic mass is 10.2. The van der Waals surface area contributed by atoms with Crippen molar-refractivity contribution < 1.29 is 19.4 Å². The summed E-state index contributed by atoms with van der Waals surface area (Å²) in [6.07, 6.45) is 1.59. The lowest BCUT2D eigenvalue weighted by Gasteiger charge is -2.07. The Labute approximate surface area is 154 Å². The summed E-state index contributed by atoms with van der Waals surface area (Å²) in [6.45, 7) is 2.24. The largest absolute Gasteiger partial charge is 0.497 e. The van der Waals surface area contributed by atoms with E-state index in [9.17, 15) is 9.59 Å². The van der Waals surface area contributed by atoms with Crippen molar-refractivity contribution in [3.05, 3.63) is 52.1 Å². The normalized spacial score (nSPS) is 11.0. The van der Waals surface area contributed by atoms with Gasteiger partial charge in [0.15, 0.2) is 0 Å². The molecule has 9 heteroatoms. The molecule has 0 aliphatic rings. The van der Waals surface area contributed by atoms with E-state index in [1.807, 2.05) is 24.3 Å². The number of nitrogens with zero attached hydrogens (tertiary/aromatic N) is 4. The zero-order valence-electron chi connectivity index (χ0n) is 15.1. The van der Waals surface area contributed by atoms with Crippen molar-refractivity contribution in [2.45, 2.75) is 20.0 Å². The van der Waals surface area contributed by atoms with Crippen LogP contribution < -0.4 is 10.3 Å². The van der Waals surface area contributed by atoms with Gasteiger partial charge in [-0.25, -0.2) is 9.48 Å². The molecule has 0 amide bonds. The number of methoxy groups -OCH3 is 1. The highest BCUT2D eigenvalue weighted by molar-refractivity contribution is 5.79. The summed E-state index contributed by atoms with van der Waals surface area (Å²) < 4.78 is 13.2. The molecule has 0 unspecified atom stereocenters. The number of carbonyl (C=O) groups is 1. The number of ether oxygens (including phenoxy) is 2. The summed E-state index contributed by atoms with van der Waals surface area (Å²) in [5.74, 6) is -0.281. The topological polar surface area (TPSA) is 108 Å². The number of aliphatic carboxylic acids is 1. The number of rotatable bonds is 8. The SMILES string of the molecule is COc1ccc(Cn2ncc3c(c(C)nn3CCOCC(=O)O)c2=O)cc1. The Kier molecular flexibility index (Phi) is 5.51. The number of carboxylic acids is 1. The van der Waals surface area contributed by atoms with Crippen LogP contribution in [0.2, 0.25) is 0 Å². The second kappa shape index (κ2) is 8.00. The van der Waals surface area contributed by atoms with Gasteiger partial charge < -0.3 is 14.6 Å². The third kappa shape index (κ3) is 4.14. The van der Waals surface area contributed by atoms with E-state index < -0.39 is 5.97 Å². The Balaban J connectivity index is 1.83. The van der Waals surface area contributed by atoms with Gasteiger partial charge in [-0.05, 0) is 24.6 Å². The maximum absolute atomic E-state index is 12.8. The van der Waals surface area contributed by atoms with Crippen molar-refractivity contribution in [2.75, 3.05) is 20.3 Å². The molecule has 0 aliphatic heterocycles. The first kappa shape index (κ1) is 18.6. The highest BCUT2D eigenvalue weighted by Crippen LogP contribution is 2.14. The van der Waals surface area contributed by atoms with Crippen molar-refractivity contribution in [2.24, 2.45) is 0 Å². The molecule has 0 spiro atoms. The Hall–Kier alpha value is -3.20. The van der Waals surface area contributed by atoms with Crippen molar-refractivity contribution in [3.63, 3.8) is 0 Å². The predicted molar refractivity (Wildman–Crippen MR) is 97.1 cm³/mol. The molecular formula is C18H20N4O5. The molecule has 0 atom stereocenters. The van der Waals surface area contributed by atoms with Gasteiger partial charge in [0.25, 0.3) is 5.56 Å². The van der Waals surface area contributed by atoms with Crippen molar-refractivity contribution in [3.8, 4) is 5.75 Å². The molecule has 1 N–H and O–H groups in total. The van der Waals surface area contributed by atoms with Crippen LogP contribution in [0.1, 0.15) is 11.3 Å². The van der Waals surface area contributed by atoms with Gasteiger partial charge in [0.2, 0.25) is 0 Å². The van der Waals surface area contributed by atoms with E-state index in [0.717, 1.165) is 11.3 Å². The zero-order valence-corrected chi connectivity index (χ0v) is 15.1. The quantitative estimate of drug-likeness (QED) is 0.589. The van der Waals surface area contributed by atoms with E-state index in [1.54, 1.807) is 24.9 Å². The van der Waals surface area contributed by atoms with E-state index in [1.165, 1.54) is 4.68 Å². The molecule has 3 aromatic rings. The zero-order chi connectivity index (χ0) is 19.4. The molecule has 1 aromatic carbocycles. The van der Waals surface area contributed by atoms with Gasteiger partial charge in [-0.3, -0.25) is 9.48 Å². The number of hydrogen-bond acceptors (Lipinski definition) is 6. The molecule has 0 saturated carbocycles. The lowest BCUT2D eigenvalue weighted by molar-refractivity contribution is -0.142. The van der Waals surface area contributed by atoms with Crippen LogP contribution in [0.4, 0.5) is 0 Å². The van der Waals surface area contributed by atoms with E-state index >= 15 is 0 Å². The number of aromatic nitrogens is 4. The average Bonchev–Trinajstić information content (AvgIpc) is 2.98.